The van der Waals surface area contributed by atoms with E-state index < -0.39 is 20.0 Å². The zero-order valence-corrected chi connectivity index (χ0v) is 50.7. The van der Waals surface area contributed by atoms with Gasteiger partial charge in [0, 0.05) is 6.42 Å². The van der Waals surface area contributed by atoms with Crippen molar-refractivity contribution >= 4 is 13.7 Å². The van der Waals surface area contributed by atoms with Gasteiger partial charge in [0.2, 0.25) is 5.91 Å². The van der Waals surface area contributed by atoms with Crippen LogP contribution in [0.25, 0.3) is 0 Å². The number of phosphoric acid groups is 1. The quantitative estimate of drug-likeness (QED) is 0.0243. The number of likely N-dealkylation sites (N-methyl/N-ethyl adjacent to an activating group) is 1. The second kappa shape index (κ2) is 56.2. The van der Waals surface area contributed by atoms with Crippen LogP contribution in [0.3, 0.4) is 0 Å². The summed E-state index contributed by atoms with van der Waals surface area (Å²) in [6, 6.07) is -0.871. The van der Waals surface area contributed by atoms with Gasteiger partial charge >= 0.3 is 7.82 Å². The van der Waals surface area contributed by atoms with Gasteiger partial charge < -0.3 is 19.8 Å². The summed E-state index contributed by atoms with van der Waals surface area (Å²) in [6.07, 6.45) is 75.3. The Labute approximate surface area is 460 Å². The third-order valence-corrected chi connectivity index (χ3v) is 15.5. The molecular formula is C65H126N2O6P+. The SMILES string of the molecule is CCCCCCCCCCCCCC/C=C\CCCCCCCCCCCCCCCC(=O)NC(COP(=O)(O)OCC[N+](C)(C)C)C(O)/C=C/CC/C=C/CC/C=C/CCCCCCCCCCCCCCC. The molecule has 0 heterocycles. The summed E-state index contributed by atoms with van der Waals surface area (Å²) >= 11 is 0. The molecule has 0 aromatic heterocycles. The van der Waals surface area contributed by atoms with Crippen LogP contribution in [-0.2, 0) is 18.4 Å². The van der Waals surface area contributed by atoms with Crippen LogP contribution in [0, 0.1) is 0 Å². The average molecular weight is 1060 g/mol. The lowest BCUT2D eigenvalue weighted by Gasteiger charge is -2.25. The summed E-state index contributed by atoms with van der Waals surface area (Å²) in [5.74, 6) is -0.187. The molecule has 0 aliphatic carbocycles. The number of amides is 1. The highest BCUT2D eigenvalue weighted by atomic mass is 31.2. The maximum atomic E-state index is 13.0. The molecule has 0 radical (unpaired) electrons. The predicted molar refractivity (Wildman–Crippen MR) is 323 cm³/mol. The smallest absolute Gasteiger partial charge is 0.387 e. The molecule has 436 valence electrons. The maximum absolute atomic E-state index is 13.0. The van der Waals surface area contributed by atoms with E-state index in [1.165, 1.54) is 244 Å². The van der Waals surface area contributed by atoms with Crippen LogP contribution in [-0.4, -0.2) is 73.4 Å². The summed E-state index contributed by atoms with van der Waals surface area (Å²) < 4.78 is 23.7. The topological polar surface area (TPSA) is 105 Å². The Morgan fingerprint density at radius 2 is 0.743 bits per heavy atom. The molecule has 1 amide bonds. The van der Waals surface area contributed by atoms with Crippen LogP contribution in [0.4, 0.5) is 0 Å². The first-order valence-electron chi connectivity index (χ1n) is 32.0. The normalized spacial score (nSPS) is 14.1. The number of quaternary nitrogens is 1. The fraction of sp³-hybridized carbons (Fsp3) is 0.862. The van der Waals surface area contributed by atoms with E-state index in [2.05, 4.69) is 55.6 Å². The number of hydrogen-bond acceptors (Lipinski definition) is 5. The van der Waals surface area contributed by atoms with Crippen LogP contribution in [0.15, 0.2) is 48.6 Å². The Bertz CT molecular complexity index is 1340. The van der Waals surface area contributed by atoms with Crippen LogP contribution in [0.2, 0.25) is 0 Å². The second-order valence-electron chi connectivity index (χ2n) is 23.1. The molecule has 8 nitrogen and oxygen atoms in total. The lowest BCUT2D eigenvalue weighted by atomic mass is 10.0. The molecule has 3 unspecified atom stereocenters. The van der Waals surface area contributed by atoms with Gasteiger partial charge in [0.25, 0.3) is 0 Å². The number of carbonyl (C=O) groups is 1. The fourth-order valence-corrected chi connectivity index (χ4v) is 10.2. The van der Waals surface area contributed by atoms with Gasteiger partial charge in [-0.25, -0.2) is 4.57 Å². The van der Waals surface area contributed by atoms with E-state index in [1.807, 2.05) is 27.2 Å². The van der Waals surface area contributed by atoms with Crippen LogP contribution < -0.4 is 5.32 Å². The zero-order valence-electron chi connectivity index (χ0n) is 49.8. The van der Waals surface area contributed by atoms with Gasteiger partial charge in [-0.05, 0) is 70.6 Å². The van der Waals surface area contributed by atoms with Gasteiger partial charge in [0.05, 0.1) is 39.9 Å². The maximum Gasteiger partial charge on any atom is 0.472 e. The number of rotatable bonds is 59. The summed E-state index contributed by atoms with van der Waals surface area (Å²) in [6.45, 7) is 4.83. The molecule has 0 bridgehead atoms. The molecule has 0 aromatic carbocycles. The van der Waals surface area contributed by atoms with E-state index in [0.29, 0.717) is 17.4 Å². The van der Waals surface area contributed by atoms with Crippen LogP contribution in [0.5, 0.6) is 0 Å². The number of nitrogens with one attached hydrogen (secondary N) is 1. The summed E-state index contributed by atoms with van der Waals surface area (Å²) in [5, 5.41) is 13.9. The number of hydrogen-bond donors (Lipinski definition) is 3. The highest BCUT2D eigenvalue weighted by Crippen LogP contribution is 2.43. The average Bonchev–Trinajstić information content (AvgIpc) is 3.36. The third kappa shape index (κ3) is 58.1. The Kier molecular flexibility index (Phi) is 55.0. The van der Waals surface area contributed by atoms with E-state index >= 15 is 0 Å². The highest BCUT2D eigenvalue weighted by molar-refractivity contribution is 7.47. The fourth-order valence-electron chi connectivity index (χ4n) is 9.48. The predicted octanol–water partition coefficient (Wildman–Crippen LogP) is 19.9. The molecule has 9 heteroatoms. The van der Waals surface area contributed by atoms with Crippen molar-refractivity contribution < 1.29 is 32.9 Å². The van der Waals surface area contributed by atoms with E-state index in [0.717, 1.165) is 44.9 Å². The first-order valence-corrected chi connectivity index (χ1v) is 33.5. The zero-order chi connectivity index (χ0) is 54.2. The summed E-state index contributed by atoms with van der Waals surface area (Å²) in [5.41, 5.74) is 0. The van der Waals surface area contributed by atoms with Crippen molar-refractivity contribution in [3.05, 3.63) is 48.6 Å². The van der Waals surface area contributed by atoms with E-state index in [4.69, 9.17) is 9.05 Å². The van der Waals surface area contributed by atoms with E-state index in [-0.39, 0.29) is 19.1 Å². The Morgan fingerprint density at radius 3 is 1.08 bits per heavy atom. The van der Waals surface area contributed by atoms with Crippen molar-refractivity contribution in [1.82, 2.24) is 5.32 Å². The first-order chi connectivity index (χ1) is 36.0. The molecule has 3 N–H and O–H groups in total. The van der Waals surface area contributed by atoms with Gasteiger partial charge in [-0.3, -0.25) is 13.8 Å². The van der Waals surface area contributed by atoms with Crippen molar-refractivity contribution in [2.45, 2.75) is 321 Å². The van der Waals surface area contributed by atoms with Gasteiger partial charge in [-0.2, -0.15) is 0 Å². The Morgan fingerprint density at radius 1 is 0.446 bits per heavy atom. The standard InChI is InChI=1S/C65H125N2O6P/c1-6-8-10-12-14-16-18-20-22-24-26-28-30-31-32-33-34-35-37-39-41-43-45-47-49-51-53-55-57-59-65(69)66-63(62-73-74(70,71)72-61-60-67(3,4)5)64(68)58-56-54-52-50-48-46-44-42-40-38-36-29-27-25-23-21-19-17-15-13-11-9-7-2/h31-32,40,42,48,50,56,58,63-64,68H,6-30,33-39,41,43-47,49,51-55,57,59-62H2,1-5H3,(H-,66,69,70,71)/p+1/b32-31-,42-40+,50-48+,58-56+. The number of phosphoric ester groups is 1. The van der Waals surface area contributed by atoms with Crippen LogP contribution in [0.1, 0.15) is 309 Å². The van der Waals surface area contributed by atoms with Crippen LogP contribution >= 0.6 is 7.82 Å². The largest absolute Gasteiger partial charge is 0.472 e. The van der Waals surface area contributed by atoms with Gasteiger partial charge in [-0.15, -0.1) is 0 Å². The second-order valence-corrected chi connectivity index (χ2v) is 24.6. The molecule has 0 aromatic rings. The van der Waals surface area contributed by atoms with Gasteiger partial charge in [0.15, 0.2) is 0 Å². The molecule has 3 atom stereocenters. The molecule has 74 heavy (non-hydrogen) atoms. The minimum atomic E-state index is -4.36. The van der Waals surface area contributed by atoms with Crippen molar-refractivity contribution in [2.75, 3.05) is 40.9 Å². The minimum absolute atomic E-state index is 0.0536. The van der Waals surface area contributed by atoms with Crippen molar-refractivity contribution in [1.29, 1.82) is 0 Å². The molecule has 0 aliphatic heterocycles. The number of aliphatic hydroxyl groups is 1. The number of aliphatic hydroxyl groups excluding tert-OH is 1. The molecule has 0 rings (SSSR count). The Hall–Kier alpha value is -1.54. The number of unbranched alkanes of at least 4 members (excludes halogenated alkanes) is 40. The molecular weight excluding hydrogens is 936 g/mol. The van der Waals surface area contributed by atoms with Gasteiger partial charge in [-0.1, -0.05) is 281 Å². The number of allylic oxidation sites excluding steroid dienone is 7. The van der Waals surface area contributed by atoms with Crippen molar-refractivity contribution in [2.24, 2.45) is 0 Å². The summed E-state index contributed by atoms with van der Waals surface area (Å²) in [4.78, 5) is 23.4. The van der Waals surface area contributed by atoms with Crippen molar-refractivity contribution in [3.63, 3.8) is 0 Å². The van der Waals surface area contributed by atoms with Crippen molar-refractivity contribution in [3.8, 4) is 0 Å². The lowest BCUT2D eigenvalue weighted by Crippen LogP contribution is -2.45. The van der Waals surface area contributed by atoms with E-state index in [9.17, 15) is 19.4 Å². The number of nitrogens with zero attached hydrogens (tertiary/aromatic N) is 1. The Balaban J connectivity index is 4.17. The lowest BCUT2D eigenvalue weighted by molar-refractivity contribution is -0.870. The molecule has 0 spiro atoms. The third-order valence-electron chi connectivity index (χ3n) is 14.5. The molecule has 0 saturated carbocycles. The van der Waals surface area contributed by atoms with Gasteiger partial charge in [0.1, 0.15) is 13.2 Å². The highest BCUT2D eigenvalue weighted by Gasteiger charge is 2.27. The monoisotopic (exact) mass is 1060 g/mol. The van der Waals surface area contributed by atoms with E-state index in [1.54, 1.807) is 6.08 Å². The number of carbonyl (C=O) groups excluding carboxylic acids is 1. The molecule has 0 saturated heterocycles. The molecule has 0 fully saturated rings. The molecule has 0 aliphatic rings. The minimum Gasteiger partial charge on any atom is -0.387 e. The first kappa shape index (κ1) is 72.5. The summed E-state index contributed by atoms with van der Waals surface area (Å²) in [7, 11) is 1.55.